The molecule has 4 rings (SSSR count). The van der Waals surface area contributed by atoms with Crippen molar-refractivity contribution >= 4 is 27.4 Å². The van der Waals surface area contributed by atoms with Crippen molar-refractivity contribution in [3.63, 3.8) is 0 Å². The fourth-order valence-corrected chi connectivity index (χ4v) is 4.92. The SMILES string of the molecule is Cc1ccc(S(=O)(=O)c2c(C)nn(-c3ccccc3)c2OC(=O)COc2ccc(Cl)cc2)cc1. The molecule has 1 heterocycles. The van der Waals surface area contributed by atoms with Crippen molar-refractivity contribution in [1.29, 1.82) is 0 Å². The second kappa shape index (κ2) is 9.70. The number of para-hydroxylation sites is 1. The zero-order valence-corrected chi connectivity index (χ0v) is 20.0. The monoisotopic (exact) mass is 496 g/mol. The summed E-state index contributed by atoms with van der Waals surface area (Å²) in [5.74, 6) is -0.567. The van der Waals surface area contributed by atoms with Gasteiger partial charge in [0.05, 0.1) is 16.3 Å². The summed E-state index contributed by atoms with van der Waals surface area (Å²) in [6, 6.07) is 21.7. The molecule has 174 valence electrons. The molecular formula is C25H21ClN2O5S. The number of rotatable bonds is 7. The number of nitrogens with zero attached hydrogens (tertiary/aromatic N) is 2. The van der Waals surface area contributed by atoms with Gasteiger partial charge < -0.3 is 9.47 Å². The highest BCUT2D eigenvalue weighted by Gasteiger charge is 2.32. The summed E-state index contributed by atoms with van der Waals surface area (Å²) in [6.07, 6.45) is 0. The maximum Gasteiger partial charge on any atom is 0.350 e. The van der Waals surface area contributed by atoms with Crippen LogP contribution >= 0.6 is 11.6 Å². The van der Waals surface area contributed by atoms with Crippen molar-refractivity contribution in [2.45, 2.75) is 23.6 Å². The van der Waals surface area contributed by atoms with Crippen molar-refractivity contribution < 1.29 is 22.7 Å². The molecule has 0 unspecified atom stereocenters. The van der Waals surface area contributed by atoms with Crippen LogP contribution in [0.15, 0.2) is 88.7 Å². The topological polar surface area (TPSA) is 87.5 Å². The third-order valence-corrected chi connectivity index (χ3v) is 7.10. The molecule has 9 heteroatoms. The predicted molar refractivity (Wildman–Crippen MR) is 128 cm³/mol. The Kier molecular flexibility index (Phi) is 6.72. The molecule has 3 aromatic carbocycles. The van der Waals surface area contributed by atoms with E-state index in [-0.39, 0.29) is 21.4 Å². The number of sulfone groups is 1. The fourth-order valence-electron chi connectivity index (χ4n) is 3.28. The van der Waals surface area contributed by atoms with E-state index in [0.717, 1.165) is 5.56 Å². The molecular weight excluding hydrogens is 476 g/mol. The molecule has 1 aromatic heterocycles. The Morgan fingerprint density at radius 2 is 1.59 bits per heavy atom. The first-order chi connectivity index (χ1) is 16.3. The molecule has 0 bridgehead atoms. The van der Waals surface area contributed by atoms with Gasteiger partial charge in [0.15, 0.2) is 11.5 Å². The summed E-state index contributed by atoms with van der Waals surface area (Å²) >= 11 is 5.87. The van der Waals surface area contributed by atoms with Crippen molar-refractivity contribution in [3.05, 3.63) is 95.1 Å². The Morgan fingerprint density at radius 1 is 0.941 bits per heavy atom. The Morgan fingerprint density at radius 3 is 2.24 bits per heavy atom. The van der Waals surface area contributed by atoms with Crippen LogP contribution in [-0.2, 0) is 14.6 Å². The van der Waals surface area contributed by atoms with E-state index in [2.05, 4.69) is 5.10 Å². The quantitative estimate of drug-likeness (QED) is 0.336. The van der Waals surface area contributed by atoms with Crippen LogP contribution in [0.2, 0.25) is 5.02 Å². The number of esters is 1. The van der Waals surface area contributed by atoms with Crippen molar-refractivity contribution in [3.8, 4) is 17.3 Å². The molecule has 7 nitrogen and oxygen atoms in total. The van der Waals surface area contributed by atoms with Crippen LogP contribution in [0.3, 0.4) is 0 Å². The first-order valence-electron chi connectivity index (χ1n) is 10.3. The minimum absolute atomic E-state index is 0.0727. The molecule has 0 saturated carbocycles. The Hall–Kier alpha value is -3.62. The number of benzene rings is 3. The van der Waals surface area contributed by atoms with Gasteiger partial charge in [0, 0.05) is 5.02 Å². The van der Waals surface area contributed by atoms with Gasteiger partial charge in [-0.1, -0.05) is 47.5 Å². The van der Waals surface area contributed by atoms with Gasteiger partial charge in [0.2, 0.25) is 15.7 Å². The van der Waals surface area contributed by atoms with Gasteiger partial charge in [-0.25, -0.2) is 13.2 Å². The van der Waals surface area contributed by atoms with E-state index in [1.54, 1.807) is 67.6 Å². The molecule has 0 radical (unpaired) electrons. The van der Waals surface area contributed by atoms with E-state index >= 15 is 0 Å². The van der Waals surface area contributed by atoms with Crippen molar-refractivity contribution in [2.75, 3.05) is 6.61 Å². The summed E-state index contributed by atoms with van der Waals surface area (Å²) in [7, 11) is -4.04. The number of carbonyl (C=O) groups excluding carboxylic acids is 1. The highest BCUT2D eigenvalue weighted by molar-refractivity contribution is 7.91. The predicted octanol–water partition coefficient (Wildman–Crippen LogP) is 4.96. The number of hydrogen-bond donors (Lipinski definition) is 0. The molecule has 0 saturated heterocycles. The summed E-state index contributed by atoms with van der Waals surface area (Å²) < 4.78 is 39.4. The third-order valence-electron chi connectivity index (χ3n) is 4.95. The largest absolute Gasteiger partial charge is 0.482 e. The first-order valence-corrected chi connectivity index (χ1v) is 12.2. The van der Waals surface area contributed by atoms with Gasteiger partial charge in [-0.3, -0.25) is 0 Å². The second-order valence-corrected chi connectivity index (χ2v) is 9.82. The maximum absolute atomic E-state index is 13.5. The van der Waals surface area contributed by atoms with Crippen LogP contribution in [0.1, 0.15) is 11.3 Å². The number of halogens is 1. The van der Waals surface area contributed by atoms with Gasteiger partial charge in [0.25, 0.3) is 0 Å². The second-order valence-electron chi connectivity index (χ2n) is 7.50. The third kappa shape index (κ3) is 4.98. The zero-order chi connectivity index (χ0) is 24.3. The molecule has 0 N–H and O–H groups in total. The smallest absolute Gasteiger partial charge is 0.350 e. The lowest BCUT2D eigenvalue weighted by Crippen LogP contribution is -2.20. The number of hydrogen-bond acceptors (Lipinski definition) is 6. The molecule has 0 aliphatic rings. The van der Waals surface area contributed by atoms with Crippen LogP contribution in [0, 0.1) is 13.8 Å². The first kappa shape index (κ1) is 23.5. The maximum atomic E-state index is 13.5. The van der Waals surface area contributed by atoms with Gasteiger partial charge >= 0.3 is 5.97 Å². The molecule has 34 heavy (non-hydrogen) atoms. The molecule has 0 spiro atoms. The summed E-state index contributed by atoms with van der Waals surface area (Å²) in [6.45, 7) is 2.98. The van der Waals surface area contributed by atoms with Crippen LogP contribution < -0.4 is 9.47 Å². The lowest BCUT2D eigenvalue weighted by Gasteiger charge is -2.11. The van der Waals surface area contributed by atoms with E-state index in [4.69, 9.17) is 21.1 Å². The average Bonchev–Trinajstić information content (AvgIpc) is 3.16. The van der Waals surface area contributed by atoms with Gasteiger partial charge in [-0.2, -0.15) is 9.78 Å². The summed E-state index contributed by atoms with van der Waals surface area (Å²) in [5.41, 5.74) is 1.66. The molecule has 0 atom stereocenters. The van der Waals surface area contributed by atoms with Crippen LogP contribution in [-0.4, -0.2) is 30.8 Å². The minimum Gasteiger partial charge on any atom is -0.482 e. The average molecular weight is 497 g/mol. The van der Waals surface area contributed by atoms with E-state index in [1.165, 1.54) is 16.8 Å². The molecule has 0 fully saturated rings. The van der Waals surface area contributed by atoms with Crippen LogP contribution in [0.5, 0.6) is 11.6 Å². The lowest BCUT2D eigenvalue weighted by atomic mass is 10.2. The van der Waals surface area contributed by atoms with Crippen molar-refractivity contribution in [1.82, 2.24) is 9.78 Å². The van der Waals surface area contributed by atoms with Gasteiger partial charge in [-0.05, 0) is 62.4 Å². The molecule has 4 aromatic rings. The van der Waals surface area contributed by atoms with E-state index in [1.807, 2.05) is 13.0 Å². The van der Waals surface area contributed by atoms with E-state index in [9.17, 15) is 13.2 Å². The van der Waals surface area contributed by atoms with Crippen LogP contribution in [0.4, 0.5) is 0 Å². The van der Waals surface area contributed by atoms with E-state index < -0.39 is 22.4 Å². The Bertz CT molecular complexity index is 1410. The number of ether oxygens (including phenoxy) is 2. The minimum atomic E-state index is -4.04. The molecule has 0 aliphatic heterocycles. The molecule has 0 aliphatic carbocycles. The molecule has 0 amide bonds. The van der Waals surface area contributed by atoms with E-state index in [0.29, 0.717) is 16.5 Å². The summed E-state index contributed by atoms with van der Waals surface area (Å²) in [5, 5.41) is 4.91. The number of aryl methyl sites for hydroxylation is 2. The highest BCUT2D eigenvalue weighted by atomic mass is 35.5. The Balaban J connectivity index is 1.72. The number of aromatic nitrogens is 2. The standard InChI is InChI=1S/C25H21ClN2O5S/c1-17-8-14-22(15-9-17)34(30,31)24-18(2)27-28(20-6-4-3-5-7-20)25(24)33-23(29)16-32-21-12-10-19(26)11-13-21/h3-15H,16H2,1-2H3. The Labute approximate surface area is 202 Å². The summed E-state index contributed by atoms with van der Waals surface area (Å²) in [4.78, 5) is 12.6. The lowest BCUT2D eigenvalue weighted by molar-refractivity contribution is -0.137. The van der Waals surface area contributed by atoms with Gasteiger partial charge in [0.1, 0.15) is 5.75 Å². The van der Waals surface area contributed by atoms with Gasteiger partial charge in [-0.15, -0.1) is 0 Å². The normalized spacial score (nSPS) is 11.3. The number of carbonyl (C=O) groups is 1. The van der Waals surface area contributed by atoms with Crippen LogP contribution in [0.25, 0.3) is 5.69 Å². The van der Waals surface area contributed by atoms with Crippen molar-refractivity contribution in [2.24, 2.45) is 0 Å². The fraction of sp³-hybridized carbons (Fsp3) is 0.120. The highest BCUT2D eigenvalue weighted by Crippen LogP contribution is 2.34. The zero-order valence-electron chi connectivity index (χ0n) is 18.4.